The molecule has 44 heavy (non-hydrogen) atoms. The third-order valence-corrected chi connectivity index (χ3v) is 7.65. The van der Waals surface area contributed by atoms with Gasteiger partial charge in [-0.15, -0.1) is 0 Å². The third kappa shape index (κ3) is 5.81. The van der Waals surface area contributed by atoms with E-state index in [9.17, 15) is 9.18 Å². The largest absolute Gasteiger partial charge is 0.494 e. The molecule has 13 heteroatoms. The van der Waals surface area contributed by atoms with Crippen LogP contribution in [0.1, 0.15) is 18.4 Å². The average Bonchev–Trinajstić information content (AvgIpc) is 3.66. The maximum atomic E-state index is 14.9. The SMILES string of the molecule is CNc1cc2ncnc(Nc3cc(C)c(Oc4ccn5ncnc5c4)cc3OC)c2cc1NC(=O)/C(F)=C\C1CCCN1C. The average molecular weight is 598 g/mol. The number of amides is 1. The Kier molecular flexibility index (Phi) is 7.94. The Hall–Kier alpha value is -5.30. The first kappa shape index (κ1) is 28.8. The maximum Gasteiger partial charge on any atom is 0.284 e. The zero-order chi connectivity index (χ0) is 30.8. The summed E-state index contributed by atoms with van der Waals surface area (Å²) in [5, 5.41) is 13.8. The molecule has 226 valence electrons. The molecule has 0 bridgehead atoms. The lowest BCUT2D eigenvalue weighted by atomic mass is 10.1. The second-order valence-electron chi connectivity index (χ2n) is 10.5. The molecule has 12 nitrogen and oxygen atoms in total. The molecule has 4 heterocycles. The second-order valence-corrected chi connectivity index (χ2v) is 10.5. The number of anilines is 4. The van der Waals surface area contributed by atoms with E-state index in [4.69, 9.17) is 9.47 Å². The molecule has 1 atom stereocenters. The van der Waals surface area contributed by atoms with Gasteiger partial charge in [-0.2, -0.15) is 5.10 Å². The Morgan fingerprint density at radius 1 is 1.07 bits per heavy atom. The van der Waals surface area contributed by atoms with E-state index in [-0.39, 0.29) is 6.04 Å². The number of likely N-dealkylation sites (tertiary alicyclic amines) is 1. The summed E-state index contributed by atoms with van der Waals surface area (Å²) in [6.45, 7) is 2.80. The summed E-state index contributed by atoms with van der Waals surface area (Å²) in [5.74, 6) is 0.563. The molecule has 3 N–H and O–H groups in total. The number of carbonyl (C=O) groups excluding carboxylic acids is 1. The smallest absolute Gasteiger partial charge is 0.284 e. The van der Waals surface area contributed by atoms with Crippen LogP contribution in [0.5, 0.6) is 17.2 Å². The fourth-order valence-corrected chi connectivity index (χ4v) is 5.25. The molecule has 0 spiro atoms. The number of halogens is 1. The van der Waals surface area contributed by atoms with Crippen LogP contribution in [0.2, 0.25) is 0 Å². The van der Waals surface area contributed by atoms with E-state index in [2.05, 4.69) is 36.0 Å². The number of benzene rings is 2. The van der Waals surface area contributed by atoms with Crippen molar-refractivity contribution in [1.29, 1.82) is 0 Å². The number of hydrogen-bond donors (Lipinski definition) is 3. The van der Waals surface area contributed by atoms with Gasteiger partial charge in [0.05, 0.1) is 29.7 Å². The predicted molar refractivity (Wildman–Crippen MR) is 167 cm³/mol. The highest BCUT2D eigenvalue weighted by atomic mass is 19.1. The van der Waals surface area contributed by atoms with Crippen LogP contribution in [0.3, 0.4) is 0 Å². The number of nitrogens with one attached hydrogen (secondary N) is 3. The predicted octanol–water partition coefficient (Wildman–Crippen LogP) is 5.45. The Morgan fingerprint density at radius 3 is 2.70 bits per heavy atom. The van der Waals surface area contributed by atoms with E-state index >= 15 is 0 Å². The fourth-order valence-electron chi connectivity index (χ4n) is 5.25. The van der Waals surface area contributed by atoms with Crippen LogP contribution in [-0.2, 0) is 4.79 Å². The molecule has 1 aliphatic rings. The molecule has 5 aromatic rings. The van der Waals surface area contributed by atoms with Crippen LogP contribution >= 0.6 is 0 Å². The first-order chi connectivity index (χ1) is 21.3. The van der Waals surface area contributed by atoms with E-state index in [1.165, 1.54) is 18.7 Å². The van der Waals surface area contributed by atoms with E-state index in [1.807, 2.05) is 24.9 Å². The first-order valence-corrected chi connectivity index (χ1v) is 14.1. The highest BCUT2D eigenvalue weighted by Gasteiger charge is 2.22. The topological polar surface area (TPSA) is 131 Å². The molecule has 3 aromatic heterocycles. The molecule has 0 aliphatic carbocycles. The number of methoxy groups -OCH3 is 1. The van der Waals surface area contributed by atoms with E-state index in [0.29, 0.717) is 56.7 Å². The summed E-state index contributed by atoms with van der Waals surface area (Å²) >= 11 is 0. The molecule has 1 amide bonds. The monoisotopic (exact) mass is 597 g/mol. The van der Waals surface area contributed by atoms with Crippen molar-refractivity contribution in [1.82, 2.24) is 29.5 Å². The number of pyridine rings is 1. The van der Waals surface area contributed by atoms with Crippen molar-refractivity contribution in [3.63, 3.8) is 0 Å². The number of aromatic nitrogens is 5. The number of hydrogen-bond acceptors (Lipinski definition) is 10. The Morgan fingerprint density at radius 2 is 1.93 bits per heavy atom. The number of carbonyl (C=O) groups is 1. The number of likely N-dealkylation sites (N-methyl/N-ethyl adjacent to an activating group) is 1. The summed E-state index contributed by atoms with van der Waals surface area (Å²) < 4.78 is 28.4. The van der Waals surface area contributed by atoms with Gasteiger partial charge in [0.25, 0.3) is 5.91 Å². The summed E-state index contributed by atoms with van der Waals surface area (Å²) in [6, 6.07) is 10.7. The third-order valence-electron chi connectivity index (χ3n) is 7.65. The molecular formula is C31H32FN9O3. The lowest BCUT2D eigenvalue weighted by molar-refractivity contribution is -0.114. The van der Waals surface area contributed by atoms with Crippen molar-refractivity contribution in [2.75, 3.05) is 43.7 Å². The summed E-state index contributed by atoms with van der Waals surface area (Å²) in [7, 11) is 5.21. The molecule has 1 saturated heterocycles. The lowest BCUT2D eigenvalue weighted by Crippen LogP contribution is -2.24. The molecule has 0 saturated carbocycles. The zero-order valence-electron chi connectivity index (χ0n) is 24.8. The summed E-state index contributed by atoms with van der Waals surface area (Å²) in [4.78, 5) is 27.9. The van der Waals surface area contributed by atoms with Crippen LogP contribution in [-0.4, -0.2) is 69.2 Å². The van der Waals surface area contributed by atoms with E-state index < -0.39 is 11.7 Å². The summed E-state index contributed by atoms with van der Waals surface area (Å²) in [5.41, 5.74) is 3.74. The van der Waals surface area contributed by atoms with E-state index in [1.54, 1.807) is 55.2 Å². The van der Waals surface area contributed by atoms with Gasteiger partial charge in [0.1, 0.15) is 35.7 Å². The van der Waals surface area contributed by atoms with Gasteiger partial charge in [-0.05, 0) is 69.3 Å². The molecule has 6 rings (SSSR count). The van der Waals surface area contributed by atoms with Gasteiger partial charge in [0.2, 0.25) is 0 Å². The molecule has 2 aromatic carbocycles. The number of fused-ring (bicyclic) bond motifs is 2. The fraction of sp³-hybridized carbons (Fsp3) is 0.258. The van der Waals surface area contributed by atoms with Crippen molar-refractivity contribution in [3.8, 4) is 17.2 Å². The van der Waals surface area contributed by atoms with Crippen LogP contribution < -0.4 is 25.4 Å². The molecule has 1 aliphatic heterocycles. The van der Waals surface area contributed by atoms with Crippen molar-refractivity contribution < 1.29 is 18.7 Å². The zero-order valence-corrected chi connectivity index (χ0v) is 24.8. The minimum absolute atomic E-state index is 0.0990. The lowest BCUT2D eigenvalue weighted by Gasteiger charge is -2.17. The van der Waals surface area contributed by atoms with Crippen molar-refractivity contribution in [3.05, 3.63) is 72.7 Å². The van der Waals surface area contributed by atoms with Gasteiger partial charge in [-0.1, -0.05) is 0 Å². The highest BCUT2D eigenvalue weighted by Crippen LogP contribution is 2.38. The van der Waals surface area contributed by atoms with Gasteiger partial charge in [-0.25, -0.2) is 23.9 Å². The van der Waals surface area contributed by atoms with Gasteiger partial charge in [0, 0.05) is 36.8 Å². The van der Waals surface area contributed by atoms with Crippen molar-refractivity contribution in [2.45, 2.75) is 25.8 Å². The normalized spacial score (nSPS) is 15.5. The summed E-state index contributed by atoms with van der Waals surface area (Å²) in [6.07, 6.45) is 7.86. The second kappa shape index (κ2) is 12.1. The van der Waals surface area contributed by atoms with Crippen molar-refractivity contribution >= 4 is 45.3 Å². The van der Waals surface area contributed by atoms with Gasteiger partial charge >= 0.3 is 0 Å². The minimum atomic E-state index is -0.822. The number of nitrogens with zero attached hydrogens (tertiary/aromatic N) is 6. The number of rotatable bonds is 9. The standard InChI is InChI=1S/C31H32FN9O3/c1-18-10-26(28(43-4)15-27(18)44-20-7-9-41-29(12-20)35-17-37-41)38-30-21-13-25(24(33-2)14-23(21)34-16-36-30)39-31(42)22(32)11-19-6-5-8-40(19)3/h7,9-17,19,33H,5-6,8H2,1-4H3,(H,39,42)(H,34,36,38)/b22-11+. The number of ether oxygens (including phenoxy) is 2. The first-order valence-electron chi connectivity index (χ1n) is 14.1. The number of aryl methyl sites for hydroxylation is 1. The van der Waals surface area contributed by atoms with Crippen LogP contribution in [0.4, 0.5) is 27.3 Å². The van der Waals surface area contributed by atoms with E-state index in [0.717, 1.165) is 24.9 Å². The van der Waals surface area contributed by atoms with Crippen LogP contribution in [0.15, 0.2) is 67.2 Å². The molecule has 1 fully saturated rings. The Balaban J connectivity index is 1.28. The van der Waals surface area contributed by atoms with Crippen LogP contribution in [0, 0.1) is 6.92 Å². The Bertz CT molecular complexity index is 1890. The maximum absolute atomic E-state index is 14.9. The Labute approximate surface area is 252 Å². The van der Waals surface area contributed by atoms with Crippen LogP contribution in [0.25, 0.3) is 16.6 Å². The molecule has 1 unspecified atom stereocenters. The van der Waals surface area contributed by atoms with Crippen molar-refractivity contribution in [2.24, 2.45) is 0 Å². The highest BCUT2D eigenvalue weighted by molar-refractivity contribution is 6.07. The molecular weight excluding hydrogens is 565 g/mol. The van der Waals surface area contributed by atoms with Gasteiger partial charge < -0.3 is 25.4 Å². The minimum Gasteiger partial charge on any atom is -0.494 e. The quantitative estimate of drug-likeness (QED) is 0.189. The molecule has 0 radical (unpaired) electrons. The van der Waals surface area contributed by atoms with Gasteiger partial charge in [-0.3, -0.25) is 9.69 Å². The van der Waals surface area contributed by atoms with Gasteiger partial charge in [0.15, 0.2) is 11.5 Å².